The van der Waals surface area contributed by atoms with Crippen LogP contribution in [0.1, 0.15) is 87.1 Å². The molecule has 0 bridgehead atoms. The second-order valence-electron chi connectivity index (χ2n) is 13.4. The number of halogens is 1. The predicted molar refractivity (Wildman–Crippen MR) is 226 cm³/mol. The number of nitrogens with zero attached hydrogens (tertiary/aromatic N) is 2. The van der Waals surface area contributed by atoms with Crippen molar-refractivity contribution < 1.29 is 10.2 Å². The molecule has 0 amide bonds. The van der Waals surface area contributed by atoms with E-state index in [2.05, 4.69) is 140 Å². The van der Waals surface area contributed by atoms with Crippen molar-refractivity contribution in [2.45, 2.75) is 78.6 Å². The van der Waals surface area contributed by atoms with E-state index in [4.69, 9.17) is 9.98 Å². The van der Waals surface area contributed by atoms with Crippen LogP contribution >= 0.6 is 22.6 Å². The molecule has 0 radical (unpaired) electrons. The van der Waals surface area contributed by atoms with E-state index in [-0.39, 0.29) is 5.75 Å². The lowest BCUT2D eigenvalue weighted by atomic mass is 9.91. The van der Waals surface area contributed by atoms with Gasteiger partial charge in [0.1, 0.15) is 11.5 Å². The average Bonchev–Trinajstić information content (AvgIpc) is 3.15. The van der Waals surface area contributed by atoms with Crippen LogP contribution in [0.3, 0.4) is 0 Å². The number of aryl methyl sites for hydroxylation is 3. The van der Waals surface area contributed by atoms with Crippen LogP contribution in [0.15, 0.2) is 107 Å². The molecule has 0 spiro atoms. The van der Waals surface area contributed by atoms with Crippen molar-refractivity contribution in [2.75, 3.05) is 0 Å². The van der Waals surface area contributed by atoms with Gasteiger partial charge in [-0.15, -0.1) is 0 Å². The third kappa shape index (κ3) is 8.36. The third-order valence-electron chi connectivity index (χ3n) is 9.62. The maximum Gasteiger partial charge on any atom is 0.137 e. The molecule has 0 fully saturated rings. The SMILES string of the molecule is CCCCc1cc(I)c(O)c(C=Nc2ccc3ccccc3c2-c2c(N=Cc3cc(CCCC)cc(CCCC)c3O)ccc3ccccc23)c1. The molecular formula is C46H47IN2O2. The molecule has 0 aromatic heterocycles. The van der Waals surface area contributed by atoms with Crippen LogP contribution in [0.25, 0.3) is 32.7 Å². The molecule has 5 heteroatoms. The smallest absolute Gasteiger partial charge is 0.137 e. The van der Waals surface area contributed by atoms with Crippen molar-refractivity contribution >= 4 is 67.9 Å². The van der Waals surface area contributed by atoms with Gasteiger partial charge in [0, 0.05) is 34.7 Å². The highest BCUT2D eigenvalue weighted by Crippen LogP contribution is 2.46. The molecule has 6 aromatic rings. The number of aromatic hydroxyl groups is 2. The van der Waals surface area contributed by atoms with Crippen LogP contribution < -0.4 is 0 Å². The predicted octanol–water partition coefficient (Wildman–Crippen LogP) is 13.2. The standard InChI is InChI=1S/C46H47IN2O2/c1-4-7-14-31-25-35(16-9-6-3)45(50)36(26-31)29-48-41-23-21-33-17-10-12-19-38(33)43(41)44-39-20-13-11-18-34(39)22-24-42(44)49-30-37-27-32(15-8-5-2)28-40(47)46(37)51/h10-13,17-30,50-51H,4-9,14-16H2,1-3H3. The highest BCUT2D eigenvalue weighted by atomic mass is 127. The van der Waals surface area contributed by atoms with Gasteiger partial charge >= 0.3 is 0 Å². The first kappa shape index (κ1) is 36.3. The maximum atomic E-state index is 11.4. The lowest BCUT2D eigenvalue weighted by Crippen LogP contribution is -1.96. The van der Waals surface area contributed by atoms with E-state index < -0.39 is 0 Å². The van der Waals surface area contributed by atoms with Crippen molar-refractivity contribution in [1.82, 2.24) is 0 Å². The van der Waals surface area contributed by atoms with Crippen LogP contribution in [0.2, 0.25) is 0 Å². The van der Waals surface area contributed by atoms with Crippen LogP contribution in [-0.4, -0.2) is 22.6 Å². The first-order valence-corrected chi connectivity index (χ1v) is 19.5. The molecule has 4 nitrogen and oxygen atoms in total. The van der Waals surface area contributed by atoms with Gasteiger partial charge in [0.05, 0.1) is 14.9 Å². The summed E-state index contributed by atoms with van der Waals surface area (Å²) >= 11 is 2.21. The number of unbranched alkanes of at least 4 members (excludes halogenated alkanes) is 3. The Morgan fingerprint density at radius 1 is 0.549 bits per heavy atom. The number of hydrogen-bond acceptors (Lipinski definition) is 4. The summed E-state index contributed by atoms with van der Waals surface area (Å²) in [6.07, 6.45) is 12.9. The van der Waals surface area contributed by atoms with E-state index in [0.29, 0.717) is 11.3 Å². The first-order chi connectivity index (χ1) is 24.9. The molecule has 260 valence electrons. The second-order valence-corrected chi connectivity index (χ2v) is 14.6. The molecule has 6 rings (SSSR count). The maximum absolute atomic E-state index is 11.4. The topological polar surface area (TPSA) is 65.2 Å². The summed E-state index contributed by atoms with van der Waals surface area (Å²) < 4.78 is 0.826. The molecule has 0 atom stereocenters. The van der Waals surface area contributed by atoms with E-state index in [1.807, 2.05) is 6.21 Å². The Hall–Kier alpha value is -4.49. The molecule has 0 saturated carbocycles. The minimum absolute atomic E-state index is 0.247. The van der Waals surface area contributed by atoms with Crippen molar-refractivity contribution in [1.29, 1.82) is 0 Å². The zero-order chi connectivity index (χ0) is 35.7. The minimum atomic E-state index is 0.247. The van der Waals surface area contributed by atoms with E-state index in [9.17, 15) is 10.2 Å². The zero-order valence-electron chi connectivity index (χ0n) is 29.9. The second kappa shape index (κ2) is 17.1. The van der Waals surface area contributed by atoms with E-state index in [1.165, 1.54) is 11.1 Å². The summed E-state index contributed by atoms with van der Waals surface area (Å²) in [6.45, 7) is 6.59. The van der Waals surface area contributed by atoms with Gasteiger partial charge in [-0.05, 0) is 130 Å². The van der Waals surface area contributed by atoms with Crippen molar-refractivity contribution in [2.24, 2.45) is 9.98 Å². The van der Waals surface area contributed by atoms with Crippen molar-refractivity contribution in [3.63, 3.8) is 0 Å². The van der Waals surface area contributed by atoms with Gasteiger partial charge in [-0.1, -0.05) is 107 Å². The quantitative estimate of drug-likeness (QED) is 0.0853. The highest BCUT2D eigenvalue weighted by Gasteiger charge is 2.18. The first-order valence-electron chi connectivity index (χ1n) is 18.4. The van der Waals surface area contributed by atoms with E-state index >= 15 is 0 Å². The summed E-state index contributed by atoms with van der Waals surface area (Å²) in [6, 6.07) is 33.6. The van der Waals surface area contributed by atoms with Crippen LogP contribution in [0.5, 0.6) is 11.5 Å². The molecule has 6 aromatic carbocycles. The molecule has 0 aliphatic rings. The fourth-order valence-corrected chi connectivity index (χ4v) is 7.52. The summed E-state index contributed by atoms with van der Waals surface area (Å²) in [5, 5.41) is 26.9. The number of fused-ring (bicyclic) bond motifs is 2. The number of rotatable bonds is 14. The highest BCUT2D eigenvalue weighted by molar-refractivity contribution is 14.1. The molecule has 0 heterocycles. The van der Waals surface area contributed by atoms with Gasteiger partial charge < -0.3 is 10.2 Å². The molecule has 0 unspecified atom stereocenters. The van der Waals surface area contributed by atoms with Crippen LogP contribution in [-0.2, 0) is 19.3 Å². The number of phenolic OH excluding ortho intramolecular Hbond substituents is 2. The fourth-order valence-electron chi connectivity index (χ4n) is 6.81. The Morgan fingerprint density at radius 2 is 1.02 bits per heavy atom. The Labute approximate surface area is 316 Å². The Balaban J connectivity index is 1.54. The van der Waals surface area contributed by atoms with Gasteiger partial charge in [0.15, 0.2) is 0 Å². The molecule has 0 aliphatic heterocycles. The third-order valence-corrected chi connectivity index (χ3v) is 10.4. The molecule has 0 aliphatic carbocycles. The lowest BCUT2D eigenvalue weighted by molar-refractivity contribution is 0.465. The van der Waals surface area contributed by atoms with Crippen LogP contribution in [0, 0.1) is 3.57 Å². The Morgan fingerprint density at radius 3 is 1.55 bits per heavy atom. The largest absolute Gasteiger partial charge is 0.507 e. The molecule has 2 N–H and O–H groups in total. The van der Waals surface area contributed by atoms with Crippen molar-refractivity contribution in [3.05, 3.63) is 128 Å². The summed E-state index contributed by atoms with van der Waals surface area (Å²) in [5.74, 6) is 0.567. The molecule has 0 saturated heterocycles. The van der Waals surface area contributed by atoms with Gasteiger partial charge in [-0.3, -0.25) is 9.98 Å². The minimum Gasteiger partial charge on any atom is -0.507 e. The monoisotopic (exact) mass is 786 g/mol. The van der Waals surface area contributed by atoms with E-state index in [1.54, 1.807) is 6.21 Å². The lowest BCUT2D eigenvalue weighted by Gasteiger charge is -2.16. The summed E-state index contributed by atoms with van der Waals surface area (Å²) in [4.78, 5) is 10.3. The van der Waals surface area contributed by atoms with E-state index in [0.717, 1.165) is 117 Å². The van der Waals surface area contributed by atoms with Crippen molar-refractivity contribution in [3.8, 4) is 22.6 Å². The summed E-state index contributed by atoms with van der Waals surface area (Å²) in [7, 11) is 0. The Bertz CT molecular complexity index is 2220. The van der Waals surface area contributed by atoms with Gasteiger partial charge in [-0.2, -0.15) is 0 Å². The molecular weight excluding hydrogens is 739 g/mol. The molecule has 51 heavy (non-hydrogen) atoms. The van der Waals surface area contributed by atoms with Gasteiger partial charge in [-0.25, -0.2) is 0 Å². The number of benzene rings is 6. The number of phenols is 2. The number of aliphatic imine (C=N–C) groups is 2. The normalized spacial score (nSPS) is 11.8. The van der Waals surface area contributed by atoms with Crippen LogP contribution in [0.4, 0.5) is 11.4 Å². The van der Waals surface area contributed by atoms with Gasteiger partial charge in [0.25, 0.3) is 0 Å². The summed E-state index contributed by atoms with van der Waals surface area (Å²) in [5.41, 5.74) is 8.44. The fraction of sp³-hybridized carbons (Fsp3) is 0.261. The number of hydrogen-bond donors (Lipinski definition) is 2. The zero-order valence-corrected chi connectivity index (χ0v) is 32.1. The van der Waals surface area contributed by atoms with Gasteiger partial charge in [0.2, 0.25) is 0 Å². The Kier molecular flexibility index (Phi) is 12.2. The average molecular weight is 787 g/mol.